The molecule has 0 aromatic heterocycles. The second kappa shape index (κ2) is 11.0. The average molecular weight is 429 g/mol. The minimum atomic E-state index is -0.185. The Balaban J connectivity index is 1.54. The predicted octanol–water partition coefficient (Wildman–Crippen LogP) is 4.50. The number of nitrogens with one attached hydrogen (secondary N) is 2. The van der Waals surface area contributed by atoms with Crippen molar-refractivity contribution < 1.29 is 9.59 Å². The van der Waals surface area contributed by atoms with E-state index in [1.54, 1.807) is 0 Å². The molecule has 1 atom stereocenters. The predicted molar refractivity (Wildman–Crippen MR) is 127 cm³/mol. The number of likely N-dealkylation sites (tertiary alicyclic amines) is 1. The van der Waals surface area contributed by atoms with E-state index in [-0.39, 0.29) is 11.9 Å². The highest BCUT2D eigenvalue weighted by Crippen LogP contribution is 2.28. The van der Waals surface area contributed by atoms with Crippen molar-refractivity contribution >= 4 is 17.6 Å². The molecule has 3 amide bonds. The molecule has 1 saturated heterocycles. The van der Waals surface area contributed by atoms with Gasteiger partial charge in [-0.1, -0.05) is 26.2 Å². The number of carbonyl (C=O) groups excluding carboxylic acids is 2. The molecule has 1 aliphatic carbocycles. The first-order chi connectivity index (χ1) is 14.8. The van der Waals surface area contributed by atoms with E-state index in [2.05, 4.69) is 36.6 Å². The molecule has 2 fully saturated rings. The van der Waals surface area contributed by atoms with Gasteiger partial charge in [-0.25, -0.2) is 4.79 Å². The fraction of sp³-hybridized carbons (Fsp3) is 0.680. The zero-order chi connectivity index (χ0) is 22.4. The number of likely N-dealkylation sites (N-methyl/N-ethyl adjacent to an activating group) is 1. The summed E-state index contributed by atoms with van der Waals surface area (Å²) in [5.74, 6) is 1.43. The number of aryl methyl sites for hydroxylation is 1. The van der Waals surface area contributed by atoms with Crippen LogP contribution in [0.2, 0.25) is 0 Å². The van der Waals surface area contributed by atoms with Gasteiger partial charge < -0.3 is 20.4 Å². The average Bonchev–Trinajstić information content (AvgIpc) is 2.76. The van der Waals surface area contributed by atoms with E-state index in [0.29, 0.717) is 30.0 Å². The molecule has 1 aliphatic heterocycles. The number of benzene rings is 1. The van der Waals surface area contributed by atoms with E-state index in [0.717, 1.165) is 37.2 Å². The lowest BCUT2D eigenvalue weighted by atomic mass is 9.83. The molecule has 2 aliphatic rings. The van der Waals surface area contributed by atoms with Crippen LogP contribution in [0.5, 0.6) is 0 Å². The van der Waals surface area contributed by atoms with E-state index >= 15 is 0 Å². The van der Waals surface area contributed by atoms with E-state index in [1.165, 1.54) is 32.1 Å². The molecule has 0 spiro atoms. The van der Waals surface area contributed by atoms with Crippen LogP contribution in [-0.2, 0) is 0 Å². The van der Waals surface area contributed by atoms with Crippen molar-refractivity contribution in [2.75, 3.05) is 39.0 Å². The summed E-state index contributed by atoms with van der Waals surface area (Å²) in [6.07, 6.45) is 8.55. The van der Waals surface area contributed by atoms with Crippen molar-refractivity contribution in [2.45, 2.75) is 64.8 Å². The van der Waals surface area contributed by atoms with E-state index < -0.39 is 0 Å². The van der Waals surface area contributed by atoms with Crippen molar-refractivity contribution in [3.05, 3.63) is 29.3 Å². The highest BCUT2D eigenvalue weighted by atomic mass is 16.2. The molecule has 0 unspecified atom stereocenters. The van der Waals surface area contributed by atoms with E-state index in [4.69, 9.17) is 0 Å². The molecule has 1 saturated carbocycles. The molecule has 1 aromatic carbocycles. The maximum Gasteiger partial charge on any atom is 0.319 e. The number of urea groups is 1. The molecular weight excluding hydrogens is 388 g/mol. The fourth-order valence-corrected chi connectivity index (χ4v) is 4.98. The number of nitrogens with zero attached hydrogens (tertiary/aromatic N) is 2. The van der Waals surface area contributed by atoms with Gasteiger partial charge in [-0.2, -0.15) is 0 Å². The number of amides is 3. The second-order valence-electron chi connectivity index (χ2n) is 9.77. The van der Waals surface area contributed by atoms with Crippen LogP contribution in [0, 0.1) is 18.8 Å². The van der Waals surface area contributed by atoms with Gasteiger partial charge in [-0.3, -0.25) is 4.79 Å². The Morgan fingerprint density at radius 3 is 2.39 bits per heavy atom. The van der Waals surface area contributed by atoms with Crippen molar-refractivity contribution in [1.29, 1.82) is 0 Å². The summed E-state index contributed by atoms with van der Waals surface area (Å²) in [6.45, 7) is 6.49. The van der Waals surface area contributed by atoms with Gasteiger partial charge in [-0.15, -0.1) is 0 Å². The zero-order valence-corrected chi connectivity index (χ0v) is 19.7. The molecule has 6 heteroatoms. The van der Waals surface area contributed by atoms with Crippen molar-refractivity contribution in [3.8, 4) is 0 Å². The van der Waals surface area contributed by atoms with Gasteiger partial charge >= 0.3 is 6.03 Å². The van der Waals surface area contributed by atoms with Crippen LogP contribution < -0.4 is 10.6 Å². The first-order valence-corrected chi connectivity index (χ1v) is 12.0. The zero-order valence-electron chi connectivity index (χ0n) is 19.7. The van der Waals surface area contributed by atoms with Gasteiger partial charge in [-0.05, 0) is 82.3 Å². The van der Waals surface area contributed by atoms with Crippen molar-refractivity contribution in [3.63, 3.8) is 0 Å². The molecule has 2 N–H and O–H groups in total. The molecule has 3 rings (SSSR count). The Kier molecular flexibility index (Phi) is 8.35. The molecule has 172 valence electrons. The first kappa shape index (κ1) is 23.6. The van der Waals surface area contributed by atoms with Gasteiger partial charge in [0.25, 0.3) is 5.91 Å². The van der Waals surface area contributed by atoms with Crippen LogP contribution >= 0.6 is 0 Å². The van der Waals surface area contributed by atoms with Crippen LogP contribution in [0.1, 0.15) is 67.8 Å². The Hall–Kier alpha value is -2.08. The summed E-state index contributed by atoms with van der Waals surface area (Å²) in [4.78, 5) is 29.5. The van der Waals surface area contributed by atoms with Crippen molar-refractivity contribution in [1.82, 2.24) is 15.1 Å². The van der Waals surface area contributed by atoms with Crippen LogP contribution in [-0.4, -0.2) is 61.5 Å². The Bertz CT molecular complexity index is 750. The van der Waals surface area contributed by atoms with Crippen LogP contribution in [0.3, 0.4) is 0 Å². The lowest BCUT2D eigenvalue weighted by molar-refractivity contribution is 0.0697. The normalized spacial score (nSPS) is 19.3. The number of rotatable bonds is 6. The van der Waals surface area contributed by atoms with Crippen LogP contribution in [0.25, 0.3) is 0 Å². The third kappa shape index (κ3) is 6.45. The Morgan fingerprint density at radius 1 is 1.10 bits per heavy atom. The summed E-state index contributed by atoms with van der Waals surface area (Å²) in [5, 5.41) is 6.03. The fourth-order valence-electron chi connectivity index (χ4n) is 4.98. The Labute approximate surface area is 187 Å². The van der Waals surface area contributed by atoms with Crippen LogP contribution in [0.4, 0.5) is 10.5 Å². The minimum Gasteiger partial charge on any atom is -0.339 e. The maximum absolute atomic E-state index is 12.8. The summed E-state index contributed by atoms with van der Waals surface area (Å²) in [6, 6.07) is 5.74. The number of hydrogen-bond donors (Lipinski definition) is 2. The summed E-state index contributed by atoms with van der Waals surface area (Å²) in [7, 11) is 4.20. The van der Waals surface area contributed by atoms with E-state index in [1.807, 2.05) is 30.0 Å². The van der Waals surface area contributed by atoms with Gasteiger partial charge in [0.05, 0.1) is 0 Å². The SMILES string of the molecule is Cc1cc(C(=O)N2CCC(C)CC2)ccc1NC(=O)NC[C@H](C1CCCCC1)N(C)C. The first-order valence-electron chi connectivity index (χ1n) is 12.0. The van der Waals surface area contributed by atoms with Gasteiger partial charge in [0.1, 0.15) is 0 Å². The lowest BCUT2D eigenvalue weighted by Crippen LogP contribution is -2.46. The molecule has 1 heterocycles. The van der Waals surface area contributed by atoms with Crippen LogP contribution in [0.15, 0.2) is 18.2 Å². The minimum absolute atomic E-state index is 0.0901. The molecule has 1 aromatic rings. The van der Waals surface area contributed by atoms with Gasteiger partial charge in [0.15, 0.2) is 0 Å². The smallest absolute Gasteiger partial charge is 0.319 e. The molecule has 0 bridgehead atoms. The number of anilines is 1. The quantitative estimate of drug-likeness (QED) is 0.701. The topological polar surface area (TPSA) is 64.7 Å². The molecular formula is C25H40N4O2. The summed E-state index contributed by atoms with van der Waals surface area (Å²) >= 11 is 0. The number of hydrogen-bond acceptors (Lipinski definition) is 3. The second-order valence-corrected chi connectivity index (χ2v) is 9.77. The lowest BCUT2D eigenvalue weighted by Gasteiger charge is -2.35. The summed E-state index contributed by atoms with van der Waals surface area (Å²) < 4.78 is 0. The van der Waals surface area contributed by atoms with E-state index in [9.17, 15) is 9.59 Å². The third-order valence-electron chi connectivity index (χ3n) is 7.12. The Morgan fingerprint density at radius 2 is 1.77 bits per heavy atom. The molecule has 6 nitrogen and oxygen atoms in total. The number of piperidine rings is 1. The highest BCUT2D eigenvalue weighted by molar-refractivity contribution is 5.96. The van der Waals surface area contributed by atoms with Gasteiger partial charge in [0.2, 0.25) is 0 Å². The number of carbonyl (C=O) groups is 2. The molecule has 31 heavy (non-hydrogen) atoms. The summed E-state index contributed by atoms with van der Waals surface area (Å²) in [5.41, 5.74) is 2.35. The largest absolute Gasteiger partial charge is 0.339 e. The monoisotopic (exact) mass is 428 g/mol. The maximum atomic E-state index is 12.8. The third-order valence-corrected chi connectivity index (χ3v) is 7.12. The standard InChI is InChI=1S/C25H40N4O2/c1-18-12-14-29(15-13-18)24(30)21-10-11-22(19(2)16-21)27-25(31)26-17-23(28(3)4)20-8-6-5-7-9-20/h10-11,16,18,20,23H,5-9,12-15,17H2,1-4H3,(H2,26,27,31)/t23-/m1/s1. The van der Waals surface area contributed by atoms with Crippen molar-refractivity contribution in [2.24, 2.45) is 11.8 Å². The highest BCUT2D eigenvalue weighted by Gasteiger charge is 2.26. The van der Waals surface area contributed by atoms with Gasteiger partial charge in [0, 0.05) is 36.9 Å². The molecule has 0 radical (unpaired) electrons.